The van der Waals surface area contributed by atoms with Gasteiger partial charge in [0, 0.05) is 33.3 Å². The SMILES string of the molecule is CC1(C)c2ccccc2N(c2ccc(-c3ccc(N4c5ccccc5C(C)(C)c5cc(-c6ccc(-c7nc8ccccc8o7)cc6)ccc54)cc3)cc2)c2ccc(-c3ccc(-c4nc5ccccc5o4)cc3)cc21. The number of benzene rings is 10. The second-order valence-corrected chi connectivity index (χ2v) is 20.6. The molecule has 2 aliphatic rings. The minimum atomic E-state index is -0.228. The van der Waals surface area contributed by atoms with Gasteiger partial charge in [0.1, 0.15) is 11.0 Å². The van der Waals surface area contributed by atoms with Gasteiger partial charge in [-0.05, 0) is 165 Å². The van der Waals surface area contributed by atoms with Crippen molar-refractivity contribution in [3.63, 3.8) is 0 Å². The van der Waals surface area contributed by atoms with Crippen molar-refractivity contribution >= 4 is 56.3 Å². The van der Waals surface area contributed by atoms with Crippen LogP contribution < -0.4 is 9.80 Å². The van der Waals surface area contributed by atoms with Gasteiger partial charge in [0.2, 0.25) is 11.8 Å². The van der Waals surface area contributed by atoms with Gasteiger partial charge in [0.25, 0.3) is 0 Å². The van der Waals surface area contributed by atoms with Crippen LogP contribution in [0.4, 0.5) is 34.1 Å². The number of fused-ring (bicyclic) bond motifs is 6. The molecule has 2 aliphatic heterocycles. The molecule has 0 N–H and O–H groups in total. The summed E-state index contributed by atoms with van der Waals surface area (Å²) in [6.07, 6.45) is 0. The maximum atomic E-state index is 6.08. The average Bonchev–Trinajstić information content (AvgIpc) is 4.10. The zero-order chi connectivity index (χ0) is 49.7. The molecule has 0 spiro atoms. The molecule has 0 saturated carbocycles. The first-order chi connectivity index (χ1) is 36.2. The van der Waals surface area contributed by atoms with Crippen molar-refractivity contribution in [2.24, 2.45) is 0 Å². The van der Waals surface area contributed by atoms with E-state index in [0.29, 0.717) is 11.8 Å². The first-order valence-electron chi connectivity index (χ1n) is 25.4. The Kier molecular flexibility index (Phi) is 9.80. The van der Waals surface area contributed by atoms with E-state index in [1.807, 2.05) is 48.5 Å². The highest BCUT2D eigenvalue weighted by Crippen LogP contribution is 2.55. The molecule has 0 aliphatic carbocycles. The van der Waals surface area contributed by atoms with Gasteiger partial charge in [-0.25, -0.2) is 9.97 Å². The van der Waals surface area contributed by atoms with Gasteiger partial charge in [-0.15, -0.1) is 0 Å². The predicted molar refractivity (Wildman–Crippen MR) is 302 cm³/mol. The first-order valence-corrected chi connectivity index (χ1v) is 25.4. The highest BCUT2D eigenvalue weighted by Gasteiger charge is 2.38. The zero-order valence-electron chi connectivity index (χ0n) is 41.5. The van der Waals surface area contributed by atoms with Crippen LogP contribution in [0.1, 0.15) is 49.9 Å². The fourth-order valence-electron chi connectivity index (χ4n) is 11.5. The molecule has 12 aromatic rings. The second kappa shape index (κ2) is 16.7. The number of oxazole rings is 2. The Bertz CT molecular complexity index is 3790. The minimum Gasteiger partial charge on any atom is -0.436 e. The number of nitrogens with zero attached hydrogens (tertiary/aromatic N) is 4. The molecule has 6 heteroatoms. The smallest absolute Gasteiger partial charge is 0.227 e. The molecule has 0 saturated heterocycles. The van der Waals surface area contributed by atoms with Crippen LogP contribution in [0.25, 0.3) is 78.5 Å². The van der Waals surface area contributed by atoms with Gasteiger partial charge in [-0.2, -0.15) is 0 Å². The molecule has 354 valence electrons. The third kappa shape index (κ3) is 7.01. The summed E-state index contributed by atoms with van der Waals surface area (Å²) < 4.78 is 12.2. The van der Waals surface area contributed by atoms with Gasteiger partial charge >= 0.3 is 0 Å². The number of aromatic nitrogens is 2. The van der Waals surface area contributed by atoms with E-state index in [4.69, 9.17) is 18.8 Å². The standard InChI is InChI=1S/C68H50N4O2/c1-67(2)53-13-5-9-17-59(53)71(61-39-33-49(41-55(61)67)45-21-25-47(26-22-45)65-69-57-15-7-11-19-63(57)73-65)51-35-29-43(30-36-51)44-31-37-52(38-32-44)72-60-18-10-6-14-54(60)68(3,4)56-42-50(34-40-62(56)72)46-23-27-48(28-24-46)66-70-58-16-8-12-20-64(58)74-66/h5-42H,1-4H3. The Morgan fingerprint density at radius 1 is 0.297 bits per heavy atom. The van der Waals surface area contributed by atoms with Crippen LogP contribution in [-0.2, 0) is 10.8 Å². The van der Waals surface area contributed by atoms with Crippen molar-refractivity contribution in [3.05, 3.63) is 253 Å². The molecule has 14 rings (SSSR count). The number of para-hydroxylation sites is 6. The fraction of sp³-hybridized carbons (Fsp3) is 0.0882. The highest BCUT2D eigenvalue weighted by molar-refractivity contribution is 5.91. The van der Waals surface area contributed by atoms with Gasteiger partial charge < -0.3 is 18.6 Å². The molecule has 6 nitrogen and oxygen atoms in total. The topological polar surface area (TPSA) is 58.5 Å². The van der Waals surface area contributed by atoms with E-state index in [-0.39, 0.29) is 10.8 Å². The van der Waals surface area contributed by atoms with Crippen molar-refractivity contribution in [1.29, 1.82) is 0 Å². The van der Waals surface area contributed by atoms with Crippen LogP contribution in [-0.4, -0.2) is 9.97 Å². The van der Waals surface area contributed by atoms with Crippen LogP contribution in [0, 0.1) is 0 Å². The maximum absolute atomic E-state index is 6.08. The molecule has 0 bridgehead atoms. The lowest BCUT2D eigenvalue weighted by molar-refractivity contribution is 0.619. The third-order valence-corrected chi connectivity index (χ3v) is 15.6. The molecular weight excluding hydrogens is 905 g/mol. The van der Waals surface area contributed by atoms with Crippen LogP contribution in [0.15, 0.2) is 239 Å². The summed E-state index contributed by atoms with van der Waals surface area (Å²) in [5.41, 5.74) is 23.9. The van der Waals surface area contributed by atoms with Crippen molar-refractivity contribution < 1.29 is 8.83 Å². The van der Waals surface area contributed by atoms with Crippen LogP contribution >= 0.6 is 0 Å². The quantitative estimate of drug-likeness (QED) is 0.159. The van der Waals surface area contributed by atoms with E-state index in [0.717, 1.165) is 67.0 Å². The number of hydrogen-bond donors (Lipinski definition) is 0. The van der Waals surface area contributed by atoms with Gasteiger partial charge in [-0.3, -0.25) is 0 Å². The molecule has 2 aromatic heterocycles. The molecular formula is C68H50N4O2. The number of anilines is 6. The predicted octanol–water partition coefficient (Wildman–Crippen LogP) is 18.5. The maximum Gasteiger partial charge on any atom is 0.227 e. The Hall–Kier alpha value is -9.26. The summed E-state index contributed by atoms with van der Waals surface area (Å²) in [5, 5.41) is 0. The highest BCUT2D eigenvalue weighted by atomic mass is 16.4. The lowest BCUT2D eigenvalue weighted by Gasteiger charge is -2.42. The summed E-state index contributed by atoms with van der Waals surface area (Å²) in [6.45, 7) is 9.38. The van der Waals surface area contributed by atoms with Gasteiger partial charge in [0.05, 0.1) is 22.7 Å². The summed E-state index contributed by atoms with van der Waals surface area (Å²) in [6, 6.07) is 82.5. The monoisotopic (exact) mass is 954 g/mol. The Morgan fingerprint density at radius 3 is 1.01 bits per heavy atom. The molecule has 4 heterocycles. The van der Waals surface area contributed by atoms with E-state index in [2.05, 4.69) is 219 Å². The molecule has 0 radical (unpaired) electrons. The number of hydrogen-bond acceptors (Lipinski definition) is 6. The lowest BCUT2D eigenvalue weighted by Crippen LogP contribution is -2.30. The van der Waals surface area contributed by atoms with Crippen molar-refractivity contribution in [3.8, 4) is 56.3 Å². The summed E-state index contributed by atoms with van der Waals surface area (Å²) in [5.74, 6) is 1.26. The van der Waals surface area contributed by atoms with Crippen molar-refractivity contribution in [2.75, 3.05) is 9.80 Å². The fourth-order valence-corrected chi connectivity index (χ4v) is 11.5. The minimum absolute atomic E-state index is 0.228. The Balaban J connectivity index is 0.757. The van der Waals surface area contributed by atoms with E-state index in [9.17, 15) is 0 Å². The summed E-state index contributed by atoms with van der Waals surface area (Å²) in [7, 11) is 0. The summed E-state index contributed by atoms with van der Waals surface area (Å²) >= 11 is 0. The number of rotatable bonds is 7. The summed E-state index contributed by atoms with van der Waals surface area (Å²) in [4.78, 5) is 14.3. The van der Waals surface area contributed by atoms with Gasteiger partial charge in [-0.1, -0.05) is 149 Å². The Morgan fingerprint density at radius 2 is 0.608 bits per heavy atom. The van der Waals surface area contributed by atoms with Crippen molar-refractivity contribution in [1.82, 2.24) is 9.97 Å². The Labute approximate surface area is 430 Å². The van der Waals surface area contributed by atoms with Gasteiger partial charge in [0.15, 0.2) is 11.2 Å². The van der Waals surface area contributed by atoms with E-state index in [1.165, 1.54) is 56.1 Å². The molecule has 74 heavy (non-hydrogen) atoms. The zero-order valence-corrected chi connectivity index (χ0v) is 41.5. The largest absolute Gasteiger partial charge is 0.436 e. The van der Waals surface area contributed by atoms with E-state index < -0.39 is 0 Å². The molecule has 0 amide bonds. The molecule has 10 aromatic carbocycles. The third-order valence-electron chi connectivity index (χ3n) is 15.6. The molecule has 0 atom stereocenters. The van der Waals surface area contributed by atoms with Crippen LogP contribution in [0.2, 0.25) is 0 Å². The lowest BCUT2D eigenvalue weighted by atomic mass is 9.73. The van der Waals surface area contributed by atoms with E-state index in [1.54, 1.807) is 0 Å². The van der Waals surface area contributed by atoms with E-state index >= 15 is 0 Å². The molecule has 0 unspecified atom stereocenters. The second-order valence-electron chi connectivity index (χ2n) is 20.6. The van der Waals surface area contributed by atoms with Crippen molar-refractivity contribution in [2.45, 2.75) is 38.5 Å². The first kappa shape index (κ1) is 43.5. The van der Waals surface area contributed by atoms with Crippen LogP contribution in [0.5, 0.6) is 0 Å². The average molecular weight is 955 g/mol. The normalized spacial score (nSPS) is 14.1. The van der Waals surface area contributed by atoms with Crippen LogP contribution in [0.3, 0.4) is 0 Å². The molecule has 0 fully saturated rings.